The highest BCUT2D eigenvalue weighted by Crippen LogP contribution is 2.23. The number of rotatable bonds is 0. The molecule has 12 heavy (non-hydrogen) atoms. The van der Waals surface area contributed by atoms with Crippen LogP contribution in [-0.4, -0.2) is 6.04 Å². The van der Waals surface area contributed by atoms with Gasteiger partial charge in [-0.15, -0.1) is 0 Å². The molecule has 0 fully saturated rings. The topological polar surface area (TPSA) is 24.1 Å². The highest BCUT2D eigenvalue weighted by atomic mass is 15.1. The Morgan fingerprint density at radius 1 is 1.50 bits per heavy atom. The molecule has 0 aromatic rings. The van der Waals surface area contributed by atoms with Gasteiger partial charge in [0.1, 0.15) is 0 Å². The van der Waals surface area contributed by atoms with Gasteiger partial charge in [0.25, 0.3) is 0 Å². The second kappa shape index (κ2) is 2.85. The van der Waals surface area contributed by atoms with E-state index in [2.05, 4.69) is 43.5 Å². The average Bonchev–Trinajstić information content (AvgIpc) is 2.05. The van der Waals surface area contributed by atoms with Crippen LogP contribution in [0.1, 0.15) is 20.3 Å². The van der Waals surface area contributed by atoms with E-state index in [1.165, 1.54) is 17.0 Å². The monoisotopic (exact) mass is 162 g/mol. The van der Waals surface area contributed by atoms with Crippen molar-refractivity contribution >= 4 is 0 Å². The van der Waals surface area contributed by atoms with Gasteiger partial charge in [0, 0.05) is 30.3 Å². The predicted octanol–water partition coefficient (Wildman–Crippen LogP) is 1.50. The van der Waals surface area contributed by atoms with Crippen molar-refractivity contribution in [2.24, 2.45) is 0 Å². The average molecular weight is 162 g/mol. The first-order valence-electron chi connectivity index (χ1n) is 4.36. The van der Waals surface area contributed by atoms with E-state index in [1.54, 1.807) is 0 Å². The molecule has 0 amide bonds. The van der Waals surface area contributed by atoms with Gasteiger partial charge in [-0.1, -0.05) is 11.6 Å². The molecule has 2 aliphatic rings. The first-order valence-corrected chi connectivity index (χ1v) is 4.36. The number of allylic oxidation sites excluding steroid dienone is 2. The van der Waals surface area contributed by atoms with Gasteiger partial charge >= 0.3 is 0 Å². The Labute approximate surface area is 73.7 Å². The van der Waals surface area contributed by atoms with Gasteiger partial charge < -0.3 is 10.6 Å². The van der Waals surface area contributed by atoms with Gasteiger partial charge in [0.2, 0.25) is 0 Å². The van der Waals surface area contributed by atoms with E-state index in [4.69, 9.17) is 0 Å². The Kier molecular flexibility index (Phi) is 1.83. The van der Waals surface area contributed by atoms with Crippen LogP contribution in [0.15, 0.2) is 23.0 Å². The Morgan fingerprint density at radius 3 is 3.17 bits per heavy atom. The van der Waals surface area contributed by atoms with E-state index in [1.807, 2.05) is 0 Å². The normalized spacial score (nSPS) is 28.5. The van der Waals surface area contributed by atoms with Crippen molar-refractivity contribution in [2.75, 3.05) is 0 Å². The molecule has 0 aromatic heterocycles. The summed E-state index contributed by atoms with van der Waals surface area (Å²) in [5.41, 5.74) is 3.95. The van der Waals surface area contributed by atoms with Crippen molar-refractivity contribution in [3.05, 3.63) is 36.0 Å². The lowest BCUT2D eigenvalue weighted by atomic mass is 9.99. The minimum Gasteiger partial charge on any atom is -0.382 e. The van der Waals surface area contributed by atoms with Crippen LogP contribution < -0.4 is 10.6 Å². The minimum atomic E-state index is 0.423. The van der Waals surface area contributed by atoms with Crippen molar-refractivity contribution in [3.8, 4) is 0 Å². The molecular weight excluding hydrogens is 148 g/mol. The van der Waals surface area contributed by atoms with Crippen molar-refractivity contribution < 1.29 is 0 Å². The summed E-state index contributed by atoms with van der Waals surface area (Å²) in [6, 6.07) is 0.423. The van der Waals surface area contributed by atoms with Crippen LogP contribution >= 0.6 is 0 Å². The Hall–Kier alpha value is -0.920. The van der Waals surface area contributed by atoms with Crippen LogP contribution in [0.4, 0.5) is 0 Å². The van der Waals surface area contributed by atoms with E-state index in [9.17, 15) is 0 Å². The lowest BCUT2D eigenvalue weighted by molar-refractivity contribution is 0.589. The second-order valence-electron chi connectivity index (χ2n) is 3.49. The number of nitrogens with one attached hydrogen (secondary N) is 2. The maximum Gasteiger partial charge on any atom is 0.0678 e. The van der Waals surface area contributed by atoms with Gasteiger partial charge in [0.05, 0.1) is 6.54 Å². The molecule has 2 heteroatoms. The van der Waals surface area contributed by atoms with Crippen LogP contribution in [0.5, 0.6) is 0 Å². The van der Waals surface area contributed by atoms with Crippen molar-refractivity contribution in [3.63, 3.8) is 0 Å². The maximum atomic E-state index is 3.40. The molecule has 0 saturated heterocycles. The van der Waals surface area contributed by atoms with Crippen LogP contribution in [0.2, 0.25) is 0 Å². The number of hydrogen-bond donors (Lipinski definition) is 2. The molecule has 2 N–H and O–H groups in total. The highest BCUT2D eigenvalue weighted by molar-refractivity contribution is 5.37. The molecule has 0 saturated carbocycles. The molecule has 1 atom stereocenters. The molecule has 64 valence electrons. The molecule has 2 radical (unpaired) electrons. The summed E-state index contributed by atoms with van der Waals surface area (Å²) in [7, 11) is 0. The number of hydrogen-bond acceptors (Lipinski definition) is 2. The Bertz CT molecular complexity index is 251. The molecular formula is C10H14N2. The van der Waals surface area contributed by atoms with Crippen LogP contribution in [-0.2, 0) is 0 Å². The molecule has 2 rings (SSSR count). The summed E-state index contributed by atoms with van der Waals surface area (Å²) in [6.45, 7) is 6.38. The smallest absolute Gasteiger partial charge is 0.0678 e. The standard InChI is InChI=1S/C10H14N2/c1-7-3-4-9-10(5-7)11-6-8(2)12-9/h3-4,6,8,11-12H,5H2,1-2H3. The molecule has 0 spiro atoms. The Morgan fingerprint density at radius 2 is 2.33 bits per heavy atom. The summed E-state index contributed by atoms with van der Waals surface area (Å²) < 4.78 is 0. The van der Waals surface area contributed by atoms with Crippen LogP contribution in [0, 0.1) is 13.0 Å². The third-order valence-corrected chi connectivity index (χ3v) is 2.21. The fraction of sp³-hybridized carbons (Fsp3) is 0.400. The molecule has 2 nitrogen and oxygen atoms in total. The van der Waals surface area contributed by atoms with Crippen molar-refractivity contribution in [1.29, 1.82) is 0 Å². The SMILES string of the molecule is CC1=C[CH]C2=C(C1)N[CH]C(C)N2. The maximum absolute atomic E-state index is 3.40. The molecule has 1 aliphatic carbocycles. The third-order valence-electron chi connectivity index (χ3n) is 2.21. The molecule has 0 aromatic carbocycles. The van der Waals surface area contributed by atoms with Gasteiger partial charge in [-0.3, -0.25) is 0 Å². The van der Waals surface area contributed by atoms with E-state index < -0.39 is 0 Å². The first-order chi connectivity index (χ1) is 5.75. The summed E-state index contributed by atoms with van der Waals surface area (Å²) in [6.07, 6.45) is 5.36. The minimum absolute atomic E-state index is 0.423. The lowest BCUT2D eigenvalue weighted by Crippen LogP contribution is -2.39. The quantitative estimate of drug-likeness (QED) is 0.564. The second-order valence-corrected chi connectivity index (χ2v) is 3.49. The van der Waals surface area contributed by atoms with E-state index in [0.717, 1.165) is 6.42 Å². The zero-order valence-electron chi connectivity index (χ0n) is 7.52. The predicted molar refractivity (Wildman–Crippen MR) is 49.7 cm³/mol. The summed E-state index contributed by atoms with van der Waals surface area (Å²) in [5.74, 6) is 0. The molecule has 1 aliphatic heterocycles. The van der Waals surface area contributed by atoms with Crippen LogP contribution in [0.25, 0.3) is 0 Å². The largest absolute Gasteiger partial charge is 0.382 e. The van der Waals surface area contributed by atoms with E-state index in [0.29, 0.717) is 6.04 Å². The van der Waals surface area contributed by atoms with E-state index in [-0.39, 0.29) is 0 Å². The van der Waals surface area contributed by atoms with Crippen molar-refractivity contribution in [2.45, 2.75) is 26.3 Å². The molecule has 0 bridgehead atoms. The fourth-order valence-corrected chi connectivity index (χ4v) is 1.54. The summed E-state index contributed by atoms with van der Waals surface area (Å²) in [5, 5.41) is 6.72. The fourth-order valence-electron chi connectivity index (χ4n) is 1.54. The first kappa shape index (κ1) is 7.71. The summed E-state index contributed by atoms with van der Waals surface area (Å²) in [4.78, 5) is 0. The Balaban J connectivity index is 2.14. The highest BCUT2D eigenvalue weighted by Gasteiger charge is 2.18. The van der Waals surface area contributed by atoms with Gasteiger partial charge in [-0.05, 0) is 13.8 Å². The third kappa shape index (κ3) is 1.33. The van der Waals surface area contributed by atoms with E-state index >= 15 is 0 Å². The van der Waals surface area contributed by atoms with Crippen molar-refractivity contribution in [1.82, 2.24) is 10.6 Å². The summed E-state index contributed by atoms with van der Waals surface area (Å²) >= 11 is 0. The molecule has 1 unspecified atom stereocenters. The lowest BCUT2D eigenvalue weighted by Gasteiger charge is -2.30. The van der Waals surface area contributed by atoms with Gasteiger partial charge in [-0.2, -0.15) is 0 Å². The molecule has 1 heterocycles. The van der Waals surface area contributed by atoms with Gasteiger partial charge in [0.15, 0.2) is 0 Å². The van der Waals surface area contributed by atoms with Crippen LogP contribution in [0.3, 0.4) is 0 Å². The zero-order valence-corrected chi connectivity index (χ0v) is 7.52. The zero-order chi connectivity index (χ0) is 8.55. The van der Waals surface area contributed by atoms with Gasteiger partial charge in [-0.25, -0.2) is 0 Å².